The summed E-state index contributed by atoms with van der Waals surface area (Å²) in [6, 6.07) is 11.1. The molecule has 0 fully saturated rings. The monoisotopic (exact) mass is 382 g/mol. The molecule has 3 aromatic rings. The molecule has 7 nitrogen and oxygen atoms in total. The Balaban J connectivity index is 1.58. The number of aryl methyl sites for hydroxylation is 1. The van der Waals surface area contributed by atoms with Crippen LogP contribution in [-0.2, 0) is 9.53 Å². The first-order chi connectivity index (χ1) is 13.0. The lowest BCUT2D eigenvalue weighted by Crippen LogP contribution is -2.31. The van der Waals surface area contributed by atoms with Crippen molar-refractivity contribution >= 4 is 23.2 Å². The van der Waals surface area contributed by atoms with Crippen molar-refractivity contribution in [2.24, 2.45) is 0 Å². The predicted molar refractivity (Wildman–Crippen MR) is 101 cm³/mol. The van der Waals surface area contributed by atoms with Crippen LogP contribution in [0.3, 0.4) is 0 Å². The number of nitrogens with zero attached hydrogens (tertiary/aromatic N) is 3. The van der Waals surface area contributed by atoms with Gasteiger partial charge < -0.3 is 10.1 Å². The summed E-state index contributed by atoms with van der Waals surface area (Å²) >= 11 is 1.14. The Morgan fingerprint density at radius 3 is 2.56 bits per heavy atom. The number of esters is 1. The standard InChI is InChI=1S/C19H18N4O3S/c1-12(14-7-4-3-5-8-14)22-15(24)11-26-19(25)16-13(2)23-18(27-16)17-20-9-6-10-21-17/h3-10,12H,11H2,1-2H3,(H,22,24). The molecule has 1 N–H and O–H groups in total. The Bertz CT molecular complexity index is 929. The number of thiazole rings is 1. The molecule has 27 heavy (non-hydrogen) atoms. The Morgan fingerprint density at radius 1 is 1.15 bits per heavy atom. The van der Waals surface area contributed by atoms with Gasteiger partial charge in [0.15, 0.2) is 17.4 Å². The van der Waals surface area contributed by atoms with E-state index in [1.807, 2.05) is 37.3 Å². The van der Waals surface area contributed by atoms with Crippen molar-refractivity contribution in [3.05, 3.63) is 64.9 Å². The largest absolute Gasteiger partial charge is 0.451 e. The highest BCUT2D eigenvalue weighted by atomic mass is 32.1. The van der Waals surface area contributed by atoms with Crippen LogP contribution in [-0.4, -0.2) is 33.4 Å². The van der Waals surface area contributed by atoms with Crippen LogP contribution >= 0.6 is 11.3 Å². The fourth-order valence-electron chi connectivity index (χ4n) is 2.40. The van der Waals surface area contributed by atoms with E-state index in [0.29, 0.717) is 21.4 Å². The summed E-state index contributed by atoms with van der Waals surface area (Å²) in [4.78, 5) is 37.2. The molecular weight excluding hydrogens is 364 g/mol. The number of nitrogens with one attached hydrogen (secondary N) is 1. The van der Waals surface area contributed by atoms with Crippen LogP contribution in [0.4, 0.5) is 0 Å². The van der Waals surface area contributed by atoms with E-state index in [0.717, 1.165) is 16.9 Å². The van der Waals surface area contributed by atoms with Gasteiger partial charge >= 0.3 is 5.97 Å². The minimum Gasteiger partial charge on any atom is -0.451 e. The van der Waals surface area contributed by atoms with Crippen molar-refractivity contribution in [3.63, 3.8) is 0 Å². The van der Waals surface area contributed by atoms with Crippen molar-refractivity contribution < 1.29 is 14.3 Å². The van der Waals surface area contributed by atoms with Gasteiger partial charge in [0.25, 0.3) is 5.91 Å². The first kappa shape index (κ1) is 18.7. The van der Waals surface area contributed by atoms with Crippen LogP contribution in [0, 0.1) is 6.92 Å². The highest BCUT2D eigenvalue weighted by Crippen LogP contribution is 2.25. The molecule has 0 aliphatic carbocycles. The summed E-state index contributed by atoms with van der Waals surface area (Å²) in [5.41, 5.74) is 1.49. The third-order valence-corrected chi connectivity index (χ3v) is 4.88. The molecule has 0 bridgehead atoms. The Labute approximate surface area is 160 Å². The zero-order valence-electron chi connectivity index (χ0n) is 14.9. The molecule has 0 saturated carbocycles. The number of carbonyl (C=O) groups is 2. The zero-order chi connectivity index (χ0) is 19.2. The van der Waals surface area contributed by atoms with Crippen molar-refractivity contribution in [3.8, 4) is 10.8 Å². The van der Waals surface area contributed by atoms with Gasteiger partial charge in [0.2, 0.25) is 0 Å². The fourth-order valence-corrected chi connectivity index (χ4v) is 3.30. The van der Waals surface area contributed by atoms with Crippen molar-refractivity contribution in [2.75, 3.05) is 6.61 Å². The smallest absolute Gasteiger partial charge is 0.350 e. The highest BCUT2D eigenvalue weighted by molar-refractivity contribution is 7.16. The highest BCUT2D eigenvalue weighted by Gasteiger charge is 2.20. The second kappa shape index (κ2) is 8.50. The fraction of sp³-hybridized carbons (Fsp3) is 0.211. The molecule has 8 heteroatoms. The van der Waals surface area contributed by atoms with Crippen molar-refractivity contribution in [1.29, 1.82) is 0 Å². The normalized spacial score (nSPS) is 11.6. The van der Waals surface area contributed by atoms with Gasteiger partial charge in [-0.3, -0.25) is 4.79 Å². The SMILES string of the molecule is Cc1nc(-c2ncccn2)sc1C(=O)OCC(=O)NC(C)c1ccccc1. The molecule has 0 spiro atoms. The van der Waals surface area contributed by atoms with Crippen LogP contribution in [0.1, 0.15) is 33.9 Å². The molecule has 0 radical (unpaired) electrons. The van der Waals surface area contributed by atoms with Crippen molar-refractivity contribution in [2.45, 2.75) is 19.9 Å². The van der Waals surface area contributed by atoms with Crippen LogP contribution in [0.2, 0.25) is 0 Å². The lowest BCUT2D eigenvalue weighted by atomic mass is 10.1. The number of rotatable bonds is 6. The van der Waals surface area contributed by atoms with Crippen molar-refractivity contribution in [1.82, 2.24) is 20.3 Å². The number of carbonyl (C=O) groups excluding carboxylic acids is 2. The van der Waals surface area contributed by atoms with E-state index < -0.39 is 5.97 Å². The average molecular weight is 382 g/mol. The molecule has 2 aromatic heterocycles. The zero-order valence-corrected chi connectivity index (χ0v) is 15.7. The van der Waals surface area contributed by atoms with Gasteiger partial charge in [-0.15, -0.1) is 11.3 Å². The number of amides is 1. The summed E-state index contributed by atoms with van der Waals surface area (Å²) < 4.78 is 5.14. The molecule has 1 aromatic carbocycles. The molecule has 1 atom stereocenters. The minimum atomic E-state index is -0.588. The molecule has 0 saturated heterocycles. The molecular formula is C19H18N4O3S. The number of ether oxygens (including phenoxy) is 1. The maximum absolute atomic E-state index is 12.3. The Hall–Kier alpha value is -3.13. The molecule has 0 aliphatic rings. The molecule has 2 heterocycles. The number of aromatic nitrogens is 3. The van der Waals surface area contributed by atoms with Crippen LogP contribution in [0.25, 0.3) is 10.8 Å². The van der Waals surface area contributed by atoms with Gasteiger partial charge in [-0.25, -0.2) is 19.7 Å². The van der Waals surface area contributed by atoms with Crippen LogP contribution in [0.5, 0.6) is 0 Å². The number of hydrogen-bond acceptors (Lipinski definition) is 7. The van der Waals surface area contributed by atoms with E-state index in [-0.39, 0.29) is 18.6 Å². The summed E-state index contributed by atoms with van der Waals surface area (Å²) in [6.07, 6.45) is 3.21. The van der Waals surface area contributed by atoms with Crippen LogP contribution in [0.15, 0.2) is 48.8 Å². The summed E-state index contributed by atoms with van der Waals surface area (Å²) in [5, 5.41) is 3.33. The van der Waals surface area contributed by atoms with Crippen LogP contribution < -0.4 is 5.32 Å². The average Bonchev–Trinajstić information content (AvgIpc) is 3.09. The molecule has 138 valence electrons. The summed E-state index contributed by atoms with van der Waals surface area (Å²) in [5.74, 6) is -0.512. The second-order valence-corrected chi connectivity index (χ2v) is 6.78. The quantitative estimate of drug-likeness (QED) is 0.659. The van der Waals surface area contributed by atoms with Gasteiger partial charge in [0.1, 0.15) is 4.88 Å². The first-order valence-corrected chi connectivity index (χ1v) is 9.12. The van der Waals surface area contributed by atoms with E-state index in [2.05, 4.69) is 20.3 Å². The first-order valence-electron chi connectivity index (χ1n) is 8.31. The molecule has 3 rings (SSSR count). The van der Waals surface area contributed by atoms with E-state index in [9.17, 15) is 9.59 Å². The van der Waals surface area contributed by atoms with Gasteiger partial charge in [-0.1, -0.05) is 30.3 Å². The number of benzene rings is 1. The lowest BCUT2D eigenvalue weighted by Gasteiger charge is -2.14. The van der Waals surface area contributed by atoms with Gasteiger partial charge in [-0.2, -0.15) is 0 Å². The lowest BCUT2D eigenvalue weighted by molar-refractivity contribution is -0.124. The topological polar surface area (TPSA) is 94.1 Å². The van der Waals surface area contributed by atoms with Gasteiger partial charge in [0.05, 0.1) is 11.7 Å². The van der Waals surface area contributed by atoms with E-state index in [1.165, 1.54) is 0 Å². The number of hydrogen-bond donors (Lipinski definition) is 1. The molecule has 1 amide bonds. The summed E-state index contributed by atoms with van der Waals surface area (Å²) in [7, 11) is 0. The van der Waals surface area contributed by atoms with Gasteiger partial charge in [-0.05, 0) is 25.5 Å². The maximum atomic E-state index is 12.3. The summed E-state index contributed by atoms with van der Waals surface area (Å²) in [6.45, 7) is 3.22. The van der Waals surface area contributed by atoms with E-state index in [4.69, 9.17) is 4.74 Å². The van der Waals surface area contributed by atoms with E-state index in [1.54, 1.807) is 25.4 Å². The van der Waals surface area contributed by atoms with Gasteiger partial charge in [0, 0.05) is 12.4 Å². The van der Waals surface area contributed by atoms with E-state index >= 15 is 0 Å². The predicted octanol–water partition coefficient (Wildman–Crippen LogP) is 2.94. The Morgan fingerprint density at radius 2 is 1.85 bits per heavy atom. The minimum absolute atomic E-state index is 0.177. The third kappa shape index (κ3) is 4.73. The molecule has 1 unspecified atom stereocenters. The Kier molecular flexibility index (Phi) is 5.87. The molecule has 0 aliphatic heterocycles. The second-order valence-electron chi connectivity index (χ2n) is 5.78. The third-order valence-electron chi connectivity index (χ3n) is 3.75. The maximum Gasteiger partial charge on any atom is 0.350 e.